The summed E-state index contributed by atoms with van der Waals surface area (Å²) in [6.07, 6.45) is 3.76. The van der Waals surface area contributed by atoms with Crippen LogP contribution in [0.1, 0.15) is 23.8 Å². The van der Waals surface area contributed by atoms with Gasteiger partial charge in [0.15, 0.2) is 5.82 Å². The molecule has 1 aliphatic rings. The molecule has 0 aliphatic carbocycles. The molecular formula is C13H17N5O3. The Morgan fingerprint density at radius 2 is 2.38 bits per heavy atom. The summed E-state index contributed by atoms with van der Waals surface area (Å²) in [5.41, 5.74) is 2.03. The highest BCUT2D eigenvalue weighted by atomic mass is 16.5. The molecule has 2 atom stereocenters. The molecule has 21 heavy (non-hydrogen) atoms. The summed E-state index contributed by atoms with van der Waals surface area (Å²) >= 11 is 0. The zero-order chi connectivity index (χ0) is 14.8. The van der Waals surface area contributed by atoms with Crippen LogP contribution in [0.2, 0.25) is 0 Å². The number of aromatic nitrogens is 3. The van der Waals surface area contributed by atoms with Crippen molar-refractivity contribution < 1.29 is 14.1 Å². The molecule has 8 nitrogen and oxygen atoms in total. The Hall–Kier alpha value is -2.35. The van der Waals surface area contributed by atoms with Gasteiger partial charge in [-0.1, -0.05) is 5.16 Å². The average Bonchev–Trinajstić information content (AvgIpc) is 3.15. The van der Waals surface area contributed by atoms with E-state index in [1.807, 2.05) is 14.0 Å². The summed E-state index contributed by atoms with van der Waals surface area (Å²) in [6.45, 7) is 2.59. The lowest BCUT2D eigenvalue weighted by molar-refractivity contribution is 0.0998. The molecule has 0 saturated carbocycles. The van der Waals surface area contributed by atoms with Crippen LogP contribution in [0.25, 0.3) is 0 Å². The number of anilines is 1. The number of carbonyl (C=O) groups is 1. The topological polar surface area (TPSA) is 94.2 Å². The van der Waals surface area contributed by atoms with Crippen molar-refractivity contribution in [3.8, 4) is 0 Å². The van der Waals surface area contributed by atoms with Crippen LogP contribution in [0.5, 0.6) is 0 Å². The van der Waals surface area contributed by atoms with Crippen molar-refractivity contribution in [1.82, 2.24) is 20.3 Å². The molecular weight excluding hydrogens is 274 g/mol. The number of amides is 2. The van der Waals surface area contributed by atoms with E-state index in [0.717, 1.165) is 17.7 Å². The van der Waals surface area contributed by atoms with Gasteiger partial charge in [0.05, 0.1) is 12.2 Å². The van der Waals surface area contributed by atoms with Gasteiger partial charge in [-0.2, -0.15) is 5.10 Å². The maximum absolute atomic E-state index is 12.0. The van der Waals surface area contributed by atoms with E-state index in [-0.39, 0.29) is 18.2 Å². The quantitative estimate of drug-likeness (QED) is 0.890. The average molecular weight is 291 g/mol. The van der Waals surface area contributed by atoms with Crippen molar-refractivity contribution in [1.29, 1.82) is 0 Å². The van der Waals surface area contributed by atoms with Crippen molar-refractivity contribution >= 4 is 11.8 Å². The number of nitrogens with one attached hydrogen (secondary N) is 2. The molecule has 3 rings (SSSR count). The molecule has 1 saturated heterocycles. The number of rotatable bonds is 3. The number of hydrogen-bond acceptors (Lipinski definition) is 5. The first-order valence-electron chi connectivity index (χ1n) is 6.73. The molecule has 0 unspecified atom stereocenters. The number of urea groups is 1. The van der Waals surface area contributed by atoms with Gasteiger partial charge in [0.2, 0.25) is 0 Å². The van der Waals surface area contributed by atoms with E-state index >= 15 is 0 Å². The van der Waals surface area contributed by atoms with Crippen molar-refractivity contribution in [3.05, 3.63) is 29.8 Å². The molecule has 0 radical (unpaired) electrons. The zero-order valence-electron chi connectivity index (χ0n) is 11.9. The summed E-state index contributed by atoms with van der Waals surface area (Å²) in [6, 6.07) is 1.15. The van der Waals surface area contributed by atoms with Crippen molar-refractivity contribution in [2.24, 2.45) is 7.05 Å². The highest BCUT2D eigenvalue weighted by molar-refractivity contribution is 5.88. The number of aryl methyl sites for hydroxylation is 1. The molecule has 1 fully saturated rings. The van der Waals surface area contributed by atoms with Gasteiger partial charge in [-0.25, -0.2) is 4.79 Å². The Labute approximate surface area is 121 Å². The largest absolute Gasteiger partial charge is 0.371 e. The first-order valence-corrected chi connectivity index (χ1v) is 6.73. The van der Waals surface area contributed by atoms with E-state index in [1.165, 1.54) is 6.26 Å². The highest BCUT2D eigenvalue weighted by Gasteiger charge is 2.33. The van der Waals surface area contributed by atoms with Gasteiger partial charge < -0.3 is 14.6 Å². The summed E-state index contributed by atoms with van der Waals surface area (Å²) in [5.74, 6) is 0.375. The number of hydrogen-bond donors (Lipinski definition) is 2. The molecule has 2 aromatic heterocycles. The molecule has 2 amide bonds. The minimum absolute atomic E-state index is 0.0974. The predicted octanol–water partition coefficient (Wildman–Crippen LogP) is 1.37. The predicted molar refractivity (Wildman–Crippen MR) is 73.7 cm³/mol. The molecule has 0 spiro atoms. The van der Waals surface area contributed by atoms with Crippen molar-refractivity contribution in [2.75, 3.05) is 11.9 Å². The minimum atomic E-state index is -0.328. The van der Waals surface area contributed by atoms with Gasteiger partial charge in [0.1, 0.15) is 12.4 Å². The van der Waals surface area contributed by atoms with Crippen LogP contribution in [-0.2, 0) is 11.8 Å². The number of carbonyl (C=O) groups excluding carboxylic acids is 1. The molecule has 112 valence electrons. The van der Waals surface area contributed by atoms with Gasteiger partial charge in [0, 0.05) is 31.0 Å². The first-order chi connectivity index (χ1) is 10.1. The monoisotopic (exact) mass is 291 g/mol. The lowest BCUT2D eigenvalue weighted by atomic mass is 10.0. The maximum Gasteiger partial charge on any atom is 0.320 e. The third kappa shape index (κ3) is 2.75. The standard InChI is InChI=1S/C13H17N5O3/c1-8-9(7-14-18(8)2)12-10(3-5-20-12)15-13(19)16-11-4-6-21-17-11/h4,6-7,10,12H,3,5H2,1-2H3,(H2,15,16,17,19)/t10-,12+/m0/s1. The normalized spacial score (nSPS) is 21.4. The van der Waals surface area contributed by atoms with Gasteiger partial charge in [-0.05, 0) is 13.3 Å². The Morgan fingerprint density at radius 3 is 3.05 bits per heavy atom. The molecule has 0 bridgehead atoms. The molecule has 3 heterocycles. The Balaban J connectivity index is 1.67. The second-order valence-electron chi connectivity index (χ2n) is 4.98. The summed E-state index contributed by atoms with van der Waals surface area (Å²) in [5, 5.41) is 13.4. The Bertz CT molecular complexity index is 622. The summed E-state index contributed by atoms with van der Waals surface area (Å²) in [7, 11) is 1.88. The third-order valence-corrected chi connectivity index (χ3v) is 3.67. The van der Waals surface area contributed by atoms with Crippen LogP contribution in [0, 0.1) is 6.92 Å². The minimum Gasteiger partial charge on any atom is -0.371 e. The lowest BCUT2D eigenvalue weighted by Crippen LogP contribution is -2.39. The van der Waals surface area contributed by atoms with Crippen LogP contribution in [0.15, 0.2) is 23.0 Å². The molecule has 2 N–H and O–H groups in total. The van der Waals surface area contributed by atoms with Crippen LogP contribution < -0.4 is 10.6 Å². The molecule has 0 aromatic carbocycles. The molecule has 1 aliphatic heterocycles. The van der Waals surface area contributed by atoms with E-state index in [9.17, 15) is 4.79 Å². The second-order valence-corrected chi connectivity index (χ2v) is 4.98. The summed E-state index contributed by atoms with van der Waals surface area (Å²) < 4.78 is 12.2. The lowest BCUT2D eigenvalue weighted by Gasteiger charge is -2.19. The summed E-state index contributed by atoms with van der Waals surface area (Å²) in [4.78, 5) is 12.0. The van der Waals surface area contributed by atoms with Crippen molar-refractivity contribution in [3.63, 3.8) is 0 Å². The number of ether oxygens (including phenoxy) is 1. The van der Waals surface area contributed by atoms with E-state index in [2.05, 4.69) is 25.4 Å². The van der Waals surface area contributed by atoms with E-state index in [4.69, 9.17) is 4.74 Å². The Morgan fingerprint density at radius 1 is 1.52 bits per heavy atom. The van der Waals surface area contributed by atoms with Gasteiger partial charge in [-0.15, -0.1) is 0 Å². The van der Waals surface area contributed by atoms with Gasteiger partial charge in [-0.3, -0.25) is 10.00 Å². The van der Waals surface area contributed by atoms with E-state index in [1.54, 1.807) is 16.9 Å². The van der Waals surface area contributed by atoms with Crippen molar-refractivity contribution in [2.45, 2.75) is 25.5 Å². The smallest absolute Gasteiger partial charge is 0.320 e. The van der Waals surface area contributed by atoms with Gasteiger partial charge in [0.25, 0.3) is 0 Å². The van der Waals surface area contributed by atoms with E-state index < -0.39 is 0 Å². The van der Waals surface area contributed by atoms with Crippen LogP contribution >= 0.6 is 0 Å². The third-order valence-electron chi connectivity index (χ3n) is 3.67. The zero-order valence-corrected chi connectivity index (χ0v) is 11.9. The number of nitrogens with zero attached hydrogens (tertiary/aromatic N) is 3. The fourth-order valence-electron chi connectivity index (χ4n) is 2.44. The maximum atomic E-state index is 12.0. The van der Waals surface area contributed by atoms with Gasteiger partial charge >= 0.3 is 6.03 Å². The highest BCUT2D eigenvalue weighted by Crippen LogP contribution is 2.30. The first kappa shape index (κ1) is 13.6. The van der Waals surface area contributed by atoms with E-state index in [0.29, 0.717) is 12.4 Å². The SMILES string of the molecule is Cc1c([C@H]2OCC[C@@H]2NC(=O)Nc2ccon2)cnn1C. The second kappa shape index (κ2) is 5.57. The van der Waals surface area contributed by atoms with Crippen LogP contribution in [0.3, 0.4) is 0 Å². The molecule has 8 heteroatoms. The van der Waals surface area contributed by atoms with Crippen LogP contribution in [0.4, 0.5) is 10.6 Å². The van der Waals surface area contributed by atoms with Crippen LogP contribution in [-0.4, -0.2) is 33.6 Å². The fourth-order valence-corrected chi connectivity index (χ4v) is 2.44. The molecule has 2 aromatic rings. The fraction of sp³-hybridized carbons (Fsp3) is 0.462. The Kier molecular flexibility index (Phi) is 3.61.